The Balaban J connectivity index is 1.68. The molecule has 0 spiro atoms. The van der Waals surface area contributed by atoms with Gasteiger partial charge in [0.2, 0.25) is 0 Å². The van der Waals surface area contributed by atoms with Crippen molar-refractivity contribution in [3.8, 4) is 0 Å². The molecule has 124 valence electrons. The molecule has 1 unspecified atom stereocenters. The first-order valence-electron chi connectivity index (χ1n) is 9.15. The first-order valence-corrected chi connectivity index (χ1v) is 10.8. The van der Waals surface area contributed by atoms with Crippen molar-refractivity contribution >= 4 is 9.36 Å². The molecule has 2 rings (SSSR count). The van der Waals surface area contributed by atoms with E-state index in [1.807, 2.05) is 0 Å². The molecule has 0 heterocycles. The number of nitrogens with one attached hydrogen (secondary N) is 3. The van der Waals surface area contributed by atoms with Crippen molar-refractivity contribution in [1.29, 1.82) is 0 Å². The van der Waals surface area contributed by atoms with Gasteiger partial charge in [-0.25, -0.2) is 0 Å². The van der Waals surface area contributed by atoms with Crippen molar-refractivity contribution in [1.82, 2.24) is 15.3 Å². The molecule has 1 atom stereocenters. The van der Waals surface area contributed by atoms with E-state index in [2.05, 4.69) is 29.1 Å². The fraction of sp³-hybridized carbons (Fsp3) is 1.00. The Bertz CT molecular complexity index is 250. The maximum absolute atomic E-state index is 6.22. The minimum absolute atomic E-state index is 0.597. The van der Waals surface area contributed by atoms with E-state index in [-0.39, 0.29) is 0 Å². The molecule has 2 aliphatic rings. The largest absolute Gasteiger partial charge is 0.393 e. The van der Waals surface area contributed by atoms with Crippen LogP contribution in [-0.4, -0.2) is 40.6 Å². The molecule has 2 fully saturated rings. The summed E-state index contributed by atoms with van der Waals surface area (Å²) in [5, 5.41) is 3.52. The summed E-state index contributed by atoms with van der Waals surface area (Å²) in [5.74, 6) is 0. The fourth-order valence-corrected chi connectivity index (χ4v) is 5.55. The zero-order valence-electron chi connectivity index (χ0n) is 14.0. The fourth-order valence-electron chi connectivity index (χ4n) is 3.38. The summed E-state index contributed by atoms with van der Waals surface area (Å²) < 4.78 is 6.22. The normalized spacial score (nSPS) is 22.4. The molecule has 5 heteroatoms. The van der Waals surface area contributed by atoms with Gasteiger partial charge in [-0.05, 0) is 39.0 Å². The van der Waals surface area contributed by atoms with Crippen LogP contribution in [0, 0.1) is 0 Å². The summed E-state index contributed by atoms with van der Waals surface area (Å²) in [7, 11) is -1.45. The first kappa shape index (κ1) is 17.4. The maximum atomic E-state index is 6.22. The van der Waals surface area contributed by atoms with E-state index in [4.69, 9.17) is 4.43 Å². The monoisotopic (exact) mass is 313 g/mol. The molecular weight excluding hydrogens is 278 g/mol. The molecule has 3 N–H and O–H groups in total. The van der Waals surface area contributed by atoms with Crippen LogP contribution in [0.15, 0.2) is 0 Å². The highest BCUT2D eigenvalue weighted by Gasteiger charge is 2.25. The van der Waals surface area contributed by atoms with Crippen LogP contribution < -0.4 is 15.3 Å². The zero-order valence-corrected chi connectivity index (χ0v) is 15.2. The van der Waals surface area contributed by atoms with Gasteiger partial charge < -0.3 is 19.7 Å². The van der Waals surface area contributed by atoms with Crippen molar-refractivity contribution in [2.45, 2.75) is 89.8 Å². The van der Waals surface area contributed by atoms with Gasteiger partial charge in [0.05, 0.1) is 0 Å². The molecule has 0 bridgehead atoms. The topological polar surface area (TPSA) is 45.3 Å². The predicted octanol–water partition coefficient (Wildman–Crippen LogP) is 2.17. The molecule has 2 saturated carbocycles. The maximum Gasteiger partial charge on any atom is 0.335 e. The van der Waals surface area contributed by atoms with E-state index in [0.29, 0.717) is 18.1 Å². The van der Waals surface area contributed by atoms with Gasteiger partial charge in [0, 0.05) is 31.3 Å². The third kappa shape index (κ3) is 6.78. The molecule has 0 aromatic rings. The average Bonchev–Trinajstić information content (AvgIpc) is 3.16. The second-order valence-corrected chi connectivity index (χ2v) is 8.57. The Hall–Kier alpha value is 0.0569. The summed E-state index contributed by atoms with van der Waals surface area (Å²) in [6.45, 7) is 6.26. The molecule has 2 aliphatic carbocycles. The highest BCUT2D eigenvalue weighted by Crippen LogP contribution is 2.19. The number of hydrogen-bond acceptors (Lipinski definition) is 4. The van der Waals surface area contributed by atoms with E-state index in [1.165, 1.54) is 57.8 Å². The van der Waals surface area contributed by atoms with E-state index in [9.17, 15) is 0 Å². The summed E-state index contributed by atoms with van der Waals surface area (Å²) in [4.78, 5) is 7.65. The van der Waals surface area contributed by atoms with Gasteiger partial charge in [0.25, 0.3) is 0 Å². The van der Waals surface area contributed by atoms with Crippen LogP contribution in [0.1, 0.15) is 71.6 Å². The van der Waals surface area contributed by atoms with Gasteiger partial charge in [-0.1, -0.05) is 32.6 Å². The van der Waals surface area contributed by atoms with Crippen LogP contribution in [0.5, 0.6) is 0 Å². The Morgan fingerprint density at radius 1 is 1.00 bits per heavy atom. The third-order valence-electron chi connectivity index (χ3n) is 4.98. The van der Waals surface area contributed by atoms with E-state index in [1.54, 1.807) is 0 Å². The highest BCUT2D eigenvalue weighted by molar-refractivity contribution is 6.46. The smallest absolute Gasteiger partial charge is 0.335 e. The lowest BCUT2D eigenvalue weighted by Crippen LogP contribution is -2.56. The quantitative estimate of drug-likeness (QED) is 0.427. The van der Waals surface area contributed by atoms with Crippen LogP contribution in [0.25, 0.3) is 0 Å². The number of rotatable bonds is 10. The second kappa shape index (κ2) is 9.95. The molecule has 0 aliphatic heterocycles. The predicted molar refractivity (Wildman–Crippen MR) is 91.6 cm³/mol. The Morgan fingerprint density at radius 3 is 2.00 bits per heavy atom. The molecular formula is C16H35N3OSi. The van der Waals surface area contributed by atoms with Gasteiger partial charge in [-0.2, -0.15) is 0 Å². The van der Waals surface area contributed by atoms with E-state index >= 15 is 0 Å². The molecule has 4 nitrogen and oxygen atoms in total. The minimum atomic E-state index is -1.45. The van der Waals surface area contributed by atoms with Crippen molar-refractivity contribution in [2.24, 2.45) is 0 Å². The lowest BCUT2D eigenvalue weighted by Gasteiger charge is -2.25. The highest BCUT2D eigenvalue weighted by atomic mass is 28.3. The van der Waals surface area contributed by atoms with Crippen molar-refractivity contribution in [3.63, 3.8) is 0 Å². The molecule has 0 aromatic heterocycles. The Labute approximate surface area is 132 Å². The van der Waals surface area contributed by atoms with Crippen LogP contribution in [0.4, 0.5) is 0 Å². The van der Waals surface area contributed by atoms with Gasteiger partial charge in [-0.15, -0.1) is 0 Å². The molecule has 21 heavy (non-hydrogen) atoms. The Kier molecular flexibility index (Phi) is 8.25. The van der Waals surface area contributed by atoms with E-state index < -0.39 is 9.36 Å². The van der Waals surface area contributed by atoms with Crippen molar-refractivity contribution < 1.29 is 4.43 Å². The van der Waals surface area contributed by atoms with Crippen molar-refractivity contribution in [3.05, 3.63) is 0 Å². The van der Waals surface area contributed by atoms with E-state index in [0.717, 1.165) is 13.2 Å². The van der Waals surface area contributed by atoms with Crippen LogP contribution in [0.3, 0.4) is 0 Å². The molecule has 0 aromatic carbocycles. The summed E-state index contributed by atoms with van der Waals surface area (Å²) in [5.41, 5.74) is 0. The lowest BCUT2D eigenvalue weighted by atomic mass is 10.3. The van der Waals surface area contributed by atoms with Gasteiger partial charge in [-0.3, -0.25) is 0 Å². The summed E-state index contributed by atoms with van der Waals surface area (Å²) in [6.07, 6.45) is 12.1. The van der Waals surface area contributed by atoms with Crippen molar-refractivity contribution in [2.75, 3.05) is 13.2 Å². The van der Waals surface area contributed by atoms with Gasteiger partial charge in [0.1, 0.15) is 0 Å². The second-order valence-electron chi connectivity index (χ2n) is 6.81. The average molecular weight is 314 g/mol. The lowest BCUT2D eigenvalue weighted by molar-refractivity contribution is 0.283. The Morgan fingerprint density at radius 2 is 1.52 bits per heavy atom. The SMILES string of the molecule is CCC(C)NCCO[SiH](NC1CCCC1)NC1CCCC1. The molecule has 0 saturated heterocycles. The molecule has 0 amide bonds. The standard InChI is InChI=1S/C16H35N3OSi/c1-3-14(2)17-12-13-20-21(18-15-8-4-5-9-15)19-16-10-6-7-11-16/h14-19,21H,3-13H2,1-2H3. The minimum Gasteiger partial charge on any atom is -0.393 e. The van der Waals surface area contributed by atoms with Crippen LogP contribution in [-0.2, 0) is 4.43 Å². The number of hydrogen-bond donors (Lipinski definition) is 3. The first-order chi connectivity index (χ1) is 10.3. The van der Waals surface area contributed by atoms with Gasteiger partial charge in [0.15, 0.2) is 0 Å². The van der Waals surface area contributed by atoms with Gasteiger partial charge >= 0.3 is 9.36 Å². The summed E-state index contributed by atoms with van der Waals surface area (Å²) >= 11 is 0. The third-order valence-corrected chi connectivity index (χ3v) is 7.09. The summed E-state index contributed by atoms with van der Waals surface area (Å²) in [6, 6.07) is 2.01. The van der Waals surface area contributed by atoms with Crippen LogP contribution >= 0.6 is 0 Å². The zero-order chi connectivity index (χ0) is 14.9. The van der Waals surface area contributed by atoms with Crippen LogP contribution in [0.2, 0.25) is 0 Å². The molecule has 0 radical (unpaired) electrons.